The Hall–Kier alpha value is -0.840. The highest BCUT2D eigenvalue weighted by Crippen LogP contribution is 2.17. The van der Waals surface area contributed by atoms with Gasteiger partial charge in [-0.25, -0.2) is 0 Å². The second-order valence-electron chi connectivity index (χ2n) is 5.48. The predicted molar refractivity (Wildman–Crippen MR) is 80.6 cm³/mol. The highest BCUT2D eigenvalue weighted by Gasteiger charge is 2.20. The molecule has 0 atom stereocenters. The quantitative estimate of drug-likeness (QED) is 0.743. The molecule has 0 unspecified atom stereocenters. The minimum absolute atomic E-state index is 0.460. The molecule has 1 saturated heterocycles. The van der Waals surface area contributed by atoms with Crippen molar-refractivity contribution in [3.8, 4) is 0 Å². The second kappa shape index (κ2) is 8.45. The molecule has 0 bridgehead atoms. The minimum atomic E-state index is 0.460. The lowest BCUT2D eigenvalue weighted by molar-refractivity contribution is 0.0111. The van der Waals surface area contributed by atoms with E-state index in [1.807, 2.05) is 0 Å². The highest BCUT2D eigenvalue weighted by atomic mass is 16.5. The molecular formula is C16H28N2O2. The highest BCUT2D eigenvalue weighted by molar-refractivity contribution is 5.07. The van der Waals surface area contributed by atoms with Gasteiger partial charge in [0.1, 0.15) is 11.5 Å². The molecule has 0 radical (unpaired) electrons. The van der Waals surface area contributed by atoms with Crippen LogP contribution in [0.5, 0.6) is 0 Å². The Bertz CT molecular complexity index is 370. The third kappa shape index (κ3) is 4.93. The first-order chi connectivity index (χ1) is 9.81. The fraction of sp³-hybridized carbons (Fsp3) is 0.750. The van der Waals surface area contributed by atoms with E-state index < -0.39 is 0 Å². The third-order valence-electron chi connectivity index (χ3n) is 3.76. The molecule has 0 saturated carbocycles. The Balaban J connectivity index is 1.71. The summed E-state index contributed by atoms with van der Waals surface area (Å²) in [7, 11) is 0. The van der Waals surface area contributed by atoms with Crippen LogP contribution in [0, 0.1) is 0 Å². The fourth-order valence-corrected chi connectivity index (χ4v) is 2.68. The largest absolute Gasteiger partial charge is 0.463 e. The van der Waals surface area contributed by atoms with Gasteiger partial charge < -0.3 is 14.5 Å². The number of likely N-dealkylation sites (tertiary alicyclic amines) is 1. The van der Waals surface area contributed by atoms with E-state index >= 15 is 0 Å². The van der Waals surface area contributed by atoms with Gasteiger partial charge in [0, 0.05) is 19.7 Å². The zero-order valence-corrected chi connectivity index (χ0v) is 12.9. The number of ether oxygens (including phenoxy) is 1. The number of nitrogens with zero attached hydrogens (tertiary/aromatic N) is 1. The van der Waals surface area contributed by atoms with Crippen molar-refractivity contribution < 1.29 is 9.15 Å². The van der Waals surface area contributed by atoms with Gasteiger partial charge in [0.25, 0.3) is 0 Å². The SMILES string of the molecule is CCCNCc1ccc(CN2CCC(OCC)CC2)o1. The number of nitrogens with one attached hydrogen (secondary N) is 1. The van der Waals surface area contributed by atoms with E-state index in [0.29, 0.717) is 6.10 Å². The van der Waals surface area contributed by atoms with Gasteiger partial charge in [0.05, 0.1) is 19.2 Å². The van der Waals surface area contributed by atoms with Gasteiger partial charge in [-0.3, -0.25) is 4.90 Å². The average molecular weight is 280 g/mol. The first-order valence-electron chi connectivity index (χ1n) is 7.94. The normalized spacial score (nSPS) is 17.7. The molecule has 1 aromatic rings. The van der Waals surface area contributed by atoms with Crippen molar-refractivity contribution in [1.29, 1.82) is 0 Å². The molecule has 114 valence electrons. The minimum Gasteiger partial charge on any atom is -0.463 e. The molecule has 20 heavy (non-hydrogen) atoms. The summed E-state index contributed by atoms with van der Waals surface area (Å²) in [5.41, 5.74) is 0. The predicted octanol–water partition coefficient (Wildman–Crippen LogP) is 2.78. The van der Waals surface area contributed by atoms with Crippen molar-refractivity contribution in [3.05, 3.63) is 23.7 Å². The molecule has 2 heterocycles. The molecule has 1 aromatic heterocycles. The number of piperidine rings is 1. The lowest BCUT2D eigenvalue weighted by atomic mass is 10.1. The van der Waals surface area contributed by atoms with Gasteiger partial charge in [-0.1, -0.05) is 6.92 Å². The van der Waals surface area contributed by atoms with Gasteiger partial charge in [-0.05, 0) is 44.9 Å². The monoisotopic (exact) mass is 280 g/mol. The number of furan rings is 1. The van der Waals surface area contributed by atoms with E-state index in [2.05, 4.69) is 36.2 Å². The van der Waals surface area contributed by atoms with Crippen LogP contribution < -0.4 is 5.32 Å². The van der Waals surface area contributed by atoms with E-state index in [4.69, 9.17) is 9.15 Å². The Labute approximate surface area is 122 Å². The van der Waals surface area contributed by atoms with Crippen LogP contribution in [0.2, 0.25) is 0 Å². The van der Waals surface area contributed by atoms with Crippen molar-refractivity contribution in [2.45, 2.75) is 52.3 Å². The summed E-state index contributed by atoms with van der Waals surface area (Å²) in [6.45, 7) is 10.1. The second-order valence-corrected chi connectivity index (χ2v) is 5.48. The van der Waals surface area contributed by atoms with E-state index in [1.165, 1.54) is 0 Å². The van der Waals surface area contributed by atoms with Crippen molar-refractivity contribution in [2.24, 2.45) is 0 Å². The summed E-state index contributed by atoms with van der Waals surface area (Å²) in [5.74, 6) is 2.12. The van der Waals surface area contributed by atoms with Crippen LogP contribution in [0.3, 0.4) is 0 Å². The number of hydrogen-bond donors (Lipinski definition) is 1. The molecule has 4 nitrogen and oxygen atoms in total. The van der Waals surface area contributed by atoms with Crippen molar-refractivity contribution >= 4 is 0 Å². The summed E-state index contributed by atoms with van der Waals surface area (Å²) >= 11 is 0. The van der Waals surface area contributed by atoms with Crippen LogP contribution in [0.25, 0.3) is 0 Å². The zero-order valence-electron chi connectivity index (χ0n) is 12.9. The molecule has 2 rings (SSSR count). The lowest BCUT2D eigenvalue weighted by Crippen LogP contribution is -2.36. The topological polar surface area (TPSA) is 37.6 Å². The molecule has 1 fully saturated rings. The van der Waals surface area contributed by atoms with Gasteiger partial charge in [0.2, 0.25) is 0 Å². The fourth-order valence-electron chi connectivity index (χ4n) is 2.68. The molecule has 1 aliphatic heterocycles. The van der Waals surface area contributed by atoms with Gasteiger partial charge >= 0.3 is 0 Å². The first-order valence-corrected chi connectivity index (χ1v) is 7.94. The smallest absolute Gasteiger partial charge is 0.118 e. The summed E-state index contributed by atoms with van der Waals surface area (Å²) < 4.78 is 11.6. The van der Waals surface area contributed by atoms with E-state index in [-0.39, 0.29) is 0 Å². The van der Waals surface area contributed by atoms with Crippen LogP contribution >= 0.6 is 0 Å². The summed E-state index contributed by atoms with van der Waals surface area (Å²) in [6.07, 6.45) is 3.89. The summed E-state index contributed by atoms with van der Waals surface area (Å²) in [4.78, 5) is 2.46. The van der Waals surface area contributed by atoms with Crippen LogP contribution in [0.1, 0.15) is 44.6 Å². The molecule has 4 heteroatoms. The van der Waals surface area contributed by atoms with Crippen molar-refractivity contribution in [3.63, 3.8) is 0 Å². The van der Waals surface area contributed by atoms with Gasteiger partial charge in [-0.2, -0.15) is 0 Å². The average Bonchev–Trinajstić information content (AvgIpc) is 2.89. The van der Waals surface area contributed by atoms with Crippen molar-refractivity contribution in [2.75, 3.05) is 26.2 Å². The van der Waals surface area contributed by atoms with Crippen LogP contribution in [-0.2, 0) is 17.8 Å². The first kappa shape index (κ1) is 15.5. The third-order valence-corrected chi connectivity index (χ3v) is 3.76. The van der Waals surface area contributed by atoms with Gasteiger partial charge in [0.15, 0.2) is 0 Å². The van der Waals surface area contributed by atoms with Crippen molar-refractivity contribution in [1.82, 2.24) is 10.2 Å². The van der Waals surface area contributed by atoms with Crippen LogP contribution in [0.15, 0.2) is 16.5 Å². The molecule has 0 spiro atoms. The lowest BCUT2D eigenvalue weighted by Gasteiger charge is -2.31. The van der Waals surface area contributed by atoms with Crippen LogP contribution in [-0.4, -0.2) is 37.2 Å². The van der Waals surface area contributed by atoms with Crippen LogP contribution in [0.4, 0.5) is 0 Å². The molecule has 0 aliphatic carbocycles. The number of hydrogen-bond acceptors (Lipinski definition) is 4. The summed E-state index contributed by atoms with van der Waals surface area (Å²) in [5, 5.41) is 3.36. The van der Waals surface area contributed by atoms with E-state index in [1.54, 1.807) is 0 Å². The van der Waals surface area contributed by atoms with E-state index in [9.17, 15) is 0 Å². The Morgan fingerprint density at radius 1 is 1.25 bits per heavy atom. The maximum atomic E-state index is 5.87. The van der Waals surface area contributed by atoms with Gasteiger partial charge in [-0.15, -0.1) is 0 Å². The zero-order chi connectivity index (χ0) is 14.2. The standard InChI is InChI=1S/C16H28N2O2/c1-3-9-17-12-15-5-6-16(20-15)13-18-10-7-14(8-11-18)19-4-2/h5-6,14,17H,3-4,7-13H2,1-2H3. The molecule has 1 aliphatic rings. The molecule has 0 aromatic carbocycles. The Kier molecular flexibility index (Phi) is 6.57. The Morgan fingerprint density at radius 2 is 2.00 bits per heavy atom. The Morgan fingerprint density at radius 3 is 2.70 bits per heavy atom. The number of rotatable bonds is 8. The molecular weight excluding hydrogens is 252 g/mol. The summed E-state index contributed by atoms with van der Waals surface area (Å²) in [6, 6.07) is 4.20. The van der Waals surface area contributed by atoms with E-state index in [0.717, 1.165) is 70.1 Å². The maximum Gasteiger partial charge on any atom is 0.118 e. The molecule has 1 N–H and O–H groups in total. The maximum absolute atomic E-state index is 5.87. The molecule has 0 amide bonds.